The molecule has 80 valence electrons. The molecule has 1 aliphatic rings. The molecule has 1 unspecified atom stereocenters. The molecule has 2 rings (SSSR count). The van der Waals surface area contributed by atoms with Crippen LogP contribution in [0.2, 0.25) is 0 Å². The maximum Gasteiger partial charge on any atom is 0.102 e. The van der Waals surface area contributed by atoms with Crippen LogP contribution >= 0.6 is 0 Å². The molecule has 1 aliphatic heterocycles. The number of aromatic nitrogens is 2. The van der Waals surface area contributed by atoms with Crippen LogP contribution in [-0.2, 0) is 0 Å². The van der Waals surface area contributed by atoms with Gasteiger partial charge in [0.15, 0.2) is 0 Å². The van der Waals surface area contributed by atoms with Gasteiger partial charge in [-0.05, 0) is 25.9 Å². The molecule has 0 amide bonds. The Bertz CT molecular complexity index is 363. The maximum absolute atomic E-state index is 8.73. The summed E-state index contributed by atoms with van der Waals surface area (Å²) in [6, 6.07) is 2.56. The van der Waals surface area contributed by atoms with Gasteiger partial charge in [-0.1, -0.05) is 6.92 Å². The van der Waals surface area contributed by atoms with Gasteiger partial charge in [0.2, 0.25) is 0 Å². The maximum atomic E-state index is 8.73. The molecule has 2 heterocycles. The van der Waals surface area contributed by atoms with Gasteiger partial charge in [-0.15, -0.1) is 0 Å². The topological polar surface area (TPSA) is 44.9 Å². The zero-order chi connectivity index (χ0) is 10.7. The first-order valence-corrected chi connectivity index (χ1v) is 5.50. The summed E-state index contributed by atoms with van der Waals surface area (Å²) in [5.41, 5.74) is 0.656. The number of nitriles is 1. The summed E-state index contributed by atoms with van der Waals surface area (Å²) in [4.78, 5) is 2.43. The molecule has 0 bridgehead atoms. The van der Waals surface area contributed by atoms with Crippen molar-refractivity contribution in [2.75, 3.05) is 19.6 Å². The highest BCUT2D eigenvalue weighted by atomic mass is 15.3. The van der Waals surface area contributed by atoms with Crippen molar-refractivity contribution in [1.82, 2.24) is 14.7 Å². The fraction of sp³-hybridized carbons (Fsp3) is 0.636. The minimum atomic E-state index is 0.445. The summed E-state index contributed by atoms with van der Waals surface area (Å²) in [5.74, 6) is 0. The number of hydrogen-bond acceptors (Lipinski definition) is 3. The molecule has 0 N–H and O–H groups in total. The van der Waals surface area contributed by atoms with Crippen molar-refractivity contribution >= 4 is 0 Å². The Morgan fingerprint density at radius 3 is 3.20 bits per heavy atom. The van der Waals surface area contributed by atoms with Gasteiger partial charge in [0.1, 0.15) is 6.07 Å². The van der Waals surface area contributed by atoms with E-state index in [2.05, 4.69) is 23.0 Å². The second kappa shape index (κ2) is 4.45. The second-order valence-electron chi connectivity index (χ2n) is 4.01. The predicted octanol–water partition coefficient (Wildman–Crippen LogP) is 1.41. The molecule has 0 saturated carbocycles. The van der Waals surface area contributed by atoms with E-state index < -0.39 is 0 Å². The SMILES string of the molecule is CCN1CCCC(n2cc(C#N)cn2)C1. The van der Waals surface area contributed by atoms with Crippen LogP contribution in [0.5, 0.6) is 0 Å². The fourth-order valence-corrected chi connectivity index (χ4v) is 2.13. The molecule has 4 nitrogen and oxygen atoms in total. The quantitative estimate of drug-likeness (QED) is 0.731. The number of likely N-dealkylation sites (tertiary alicyclic amines) is 1. The van der Waals surface area contributed by atoms with Gasteiger partial charge in [-0.25, -0.2) is 0 Å². The van der Waals surface area contributed by atoms with Crippen molar-refractivity contribution in [3.05, 3.63) is 18.0 Å². The summed E-state index contributed by atoms with van der Waals surface area (Å²) in [6.07, 6.45) is 5.89. The molecule has 0 aromatic carbocycles. The highest BCUT2D eigenvalue weighted by molar-refractivity contribution is 5.21. The Labute approximate surface area is 90.1 Å². The van der Waals surface area contributed by atoms with E-state index in [0.717, 1.165) is 13.1 Å². The zero-order valence-corrected chi connectivity index (χ0v) is 9.06. The number of hydrogen-bond donors (Lipinski definition) is 0. The molecule has 1 aromatic rings. The standard InChI is InChI=1S/C11H16N4/c1-2-14-5-3-4-11(9-14)15-8-10(6-12)7-13-15/h7-8,11H,2-5,9H2,1H3. The molecular weight excluding hydrogens is 188 g/mol. The van der Waals surface area contributed by atoms with Crippen molar-refractivity contribution in [2.24, 2.45) is 0 Å². The van der Waals surface area contributed by atoms with E-state index in [-0.39, 0.29) is 0 Å². The zero-order valence-electron chi connectivity index (χ0n) is 9.06. The normalized spacial score (nSPS) is 22.5. The van der Waals surface area contributed by atoms with E-state index in [0.29, 0.717) is 11.6 Å². The third-order valence-corrected chi connectivity index (χ3v) is 3.03. The van der Waals surface area contributed by atoms with Crippen LogP contribution in [0.1, 0.15) is 31.4 Å². The number of rotatable bonds is 2. The van der Waals surface area contributed by atoms with Crippen molar-refractivity contribution in [1.29, 1.82) is 5.26 Å². The van der Waals surface area contributed by atoms with E-state index >= 15 is 0 Å². The molecule has 1 fully saturated rings. The van der Waals surface area contributed by atoms with Gasteiger partial charge >= 0.3 is 0 Å². The third-order valence-electron chi connectivity index (χ3n) is 3.03. The number of nitrogens with zero attached hydrogens (tertiary/aromatic N) is 4. The Hall–Kier alpha value is -1.34. The highest BCUT2D eigenvalue weighted by Crippen LogP contribution is 2.20. The van der Waals surface area contributed by atoms with Crippen molar-refractivity contribution in [2.45, 2.75) is 25.8 Å². The van der Waals surface area contributed by atoms with E-state index in [9.17, 15) is 0 Å². The first kappa shape index (κ1) is 10.2. The molecule has 1 aromatic heterocycles. The van der Waals surface area contributed by atoms with E-state index in [1.165, 1.54) is 19.4 Å². The second-order valence-corrected chi connectivity index (χ2v) is 4.01. The average molecular weight is 204 g/mol. The van der Waals surface area contributed by atoms with Crippen LogP contribution < -0.4 is 0 Å². The lowest BCUT2D eigenvalue weighted by atomic mass is 10.1. The summed E-state index contributed by atoms with van der Waals surface area (Å²) in [5, 5.41) is 13.0. The lowest BCUT2D eigenvalue weighted by Crippen LogP contribution is -2.36. The molecular formula is C11H16N4. The minimum Gasteiger partial charge on any atom is -0.301 e. The van der Waals surface area contributed by atoms with Gasteiger partial charge in [-0.2, -0.15) is 10.4 Å². The predicted molar refractivity (Wildman–Crippen MR) is 57.3 cm³/mol. The van der Waals surface area contributed by atoms with Crippen LogP contribution in [-0.4, -0.2) is 34.3 Å². The van der Waals surface area contributed by atoms with Gasteiger partial charge in [0, 0.05) is 12.7 Å². The van der Waals surface area contributed by atoms with Crippen LogP contribution in [0.3, 0.4) is 0 Å². The monoisotopic (exact) mass is 204 g/mol. The molecule has 0 aliphatic carbocycles. The minimum absolute atomic E-state index is 0.445. The molecule has 1 saturated heterocycles. The molecule has 0 radical (unpaired) electrons. The molecule has 0 spiro atoms. The Morgan fingerprint density at radius 2 is 2.53 bits per heavy atom. The molecule has 1 atom stereocenters. The Balaban J connectivity index is 2.07. The van der Waals surface area contributed by atoms with Crippen molar-refractivity contribution in [3.63, 3.8) is 0 Å². The van der Waals surface area contributed by atoms with E-state index in [4.69, 9.17) is 5.26 Å². The summed E-state index contributed by atoms with van der Waals surface area (Å²) >= 11 is 0. The molecule has 15 heavy (non-hydrogen) atoms. The third kappa shape index (κ3) is 2.18. The van der Waals surface area contributed by atoms with Crippen molar-refractivity contribution < 1.29 is 0 Å². The summed E-state index contributed by atoms with van der Waals surface area (Å²) in [7, 11) is 0. The highest BCUT2D eigenvalue weighted by Gasteiger charge is 2.20. The van der Waals surface area contributed by atoms with E-state index in [1.807, 2.05) is 10.9 Å². The average Bonchev–Trinajstić information content (AvgIpc) is 2.78. The lowest BCUT2D eigenvalue weighted by Gasteiger charge is -2.31. The summed E-state index contributed by atoms with van der Waals surface area (Å²) < 4.78 is 1.94. The van der Waals surface area contributed by atoms with Crippen LogP contribution in [0, 0.1) is 11.3 Å². The Morgan fingerprint density at radius 1 is 1.67 bits per heavy atom. The van der Waals surface area contributed by atoms with Crippen molar-refractivity contribution in [3.8, 4) is 6.07 Å². The van der Waals surface area contributed by atoms with Gasteiger partial charge in [0.05, 0.1) is 17.8 Å². The smallest absolute Gasteiger partial charge is 0.102 e. The van der Waals surface area contributed by atoms with Gasteiger partial charge in [0.25, 0.3) is 0 Å². The lowest BCUT2D eigenvalue weighted by molar-refractivity contribution is 0.177. The summed E-state index contributed by atoms with van der Waals surface area (Å²) in [6.45, 7) is 5.54. The first-order chi connectivity index (χ1) is 7.33. The number of likely N-dealkylation sites (N-methyl/N-ethyl adjacent to an activating group) is 1. The number of piperidine rings is 1. The fourth-order valence-electron chi connectivity index (χ4n) is 2.13. The Kier molecular flexibility index (Phi) is 3.02. The first-order valence-electron chi connectivity index (χ1n) is 5.50. The molecule has 4 heteroatoms. The van der Waals surface area contributed by atoms with Gasteiger partial charge in [-0.3, -0.25) is 4.68 Å². The van der Waals surface area contributed by atoms with E-state index in [1.54, 1.807) is 6.20 Å². The van der Waals surface area contributed by atoms with Crippen LogP contribution in [0.25, 0.3) is 0 Å². The van der Waals surface area contributed by atoms with Crippen LogP contribution in [0.15, 0.2) is 12.4 Å². The van der Waals surface area contributed by atoms with Gasteiger partial charge < -0.3 is 4.90 Å². The van der Waals surface area contributed by atoms with Crippen LogP contribution in [0.4, 0.5) is 0 Å². The largest absolute Gasteiger partial charge is 0.301 e.